The van der Waals surface area contributed by atoms with E-state index in [4.69, 9.17) is 10.6 Å². The normalized spacial score (nSPS) is 10.2. The van der Waals surface area contributed by atoms with Crippen LogP contribution >= 0.6 is 0 Å². The maximum Gasteiger partial charge on any atom is 0.306 e. The van der Waals surface area contributed by atoms with Crippen molar-refractivity contribution < 1.29 is 14.5 Å². The number of para-hydroxylation sites is 1. The second-order valence-electron chi connectivity index (χ2n) is 4.33. The third-order valence-corrected chi connectivity index (χ3v) is 2.79. The van der Waals surface area contributed by atoms with Gasteiger partial charge in [0.2, 0.25) is 0 Å². The van der Waals surface area contributed by atoms with Crippen LogP contribution in [-0.4, -0.2) is 30.6 Å². The first-order valence-electron chi connectivity index (χ1n) is 6.71. The van der Waals surface area contributed by atoms with E-state index in [9.17, 15) is 14.9 Å². The van der Waals surface area contributed by atoms with Crippen molar-refractivity contribution in [2.24, 2.45) is 5.84 Å². The molecule has 0 saturated heterocycles. The Balaban J connectivity index is 2.64. The lowest BCUT2D eigenvalue weighted by atomic mass is 10.1. The molecule has 1 amide bonds. The van der Waals surface area contributed by atoms with Crippen molar-refractivity contribution >= 4 is 17.3 Å². The molecule has 0 spiro atoms. The molecule has 0 aromatic heterocycles. The summed E-state index contributed by atoms with van der Waals surface area (Å²) in [4.78, 5) is 22.4. The number of nitrogens with two attached hydrogens (primary N) is 1. The standard InChI is InChI=1S/C13H20N4O4/c1-2-3-8-21-9-7-15-13(18)10-5-4-6-11(16-14)12(10)17(19)20/h4-6,16H,2-3,7-9,14H2,1H3,(H,15,18). The van der Waals surface area contributed by atoms with E-state index in [0.29, 0.717) is 19.8 Å². The Labute approximate surface area is 122 Å². The van der Waals surface area contributed by atoms with E-state index in [-0.39, 0.29) is 16.9 Å². The van der Waals surface area contributed by atoms with Gasteiger partial charge in [0.1, 0.15) is 11.3 Å². The van der Waals surface area contributed by atoms with Crippen molar-refractivity contribution in [2.75, 3.05) is 25.2 Å². The molecular weight excluding hydrogens is 276 g/mol. The number of nitrogen functional groups attached to an aromatic ring is 1. The van der Waals surface area contributed by atoms with Gasteiger partial charge in [-0.05, 0) is 18.6 Å². The first-order chi connectivity index (χ1) is 10.1. The van der Waals surface area contributed by atoms with Crippen LogP contribution in [0.15, 0.2) is 18.2 Å². The van der Waals surface area contributed by atoms with Crippen LogP contribution in [0.2, 0.25) is 0 Å². The van der Waals surface area contributed by atoms with Gasteiger partial charge in [0.05, 0.1) is 11.5 Å². The Morgan fingerprint density at radius 3 is 2.81 bits per heavy atom. The number of ether oxygens (including phenoxy) is 1. The maximum absolute atomic E-state index is 12.0. The van der Waals surface area contributed by atoms with Crippen molar-refractivity contribution in [1.82, 2.24) is 5.32 Å². The van der Waals surface area contributed by atoms with Crippen LogP contribution in [0.1, 0.15) is 30.1 Å². The van der Waals surface area contributed by atoms with Gasteiger partial charge in [0, 0.05) is 13.2 Å². The van der Waals surface area contributed by atoms with Gasteiger partial charge in [0.15, 0.2) is 0 Å². The lowest BCUT2D eigenvalue weighted by molar-refractivity contribution is -0.384. The number of unbranched alkanes of at least 4 members (excludes halogenated alkanes) is 1. The quantitative estimate of drug-likeness (QED) is 0.274. The van der Waals surface area contributed by atoms with Gasteiger partial charge in [-0.15, -0.1) is 0 Å². The van der Waals surface area contributed by atoms with E-state index in [0.717, 1.165) is 12.8 Å². The Morgan fingerprint density at radius 2 is 2.19 bits per heavy atom. The van der Waals surface area contributed by atoms with E-state index in [1.807, 2.05) is 0 Å². The molecule has 0 saturated carbocycles. The molecule has 1 aromatic rings. The molecule has 8 heteroatoms. The van der Waals surface area contributed by atoms with Gasteiger partial charge >= 0.3 is 5.69 Å². The van der Waals surface area contributed by atoms with Gasteiger partial charge in [-0.25, -0.2) is 0 Å². The molecule has 116 valence electrons. The molecule has 0 unspecified atom stereocenters. The molecule has 4 N–H and O–H groups in total. The van der Waals surface area contributed by atoms with Crippen LogP contribution in [0.3, 0.4) is 0 Å². The molecule has 0 aliphatic rings. The van der Waals surface area contributed by atoms with E-state index >= 15 is 0 Å². The summed E-state index contributed by atoms with van der Waals surface area (Å²) < 4.78 is 5.30. The molecule has 8 nitrogen and oxygen atoms in total. The number of nitrogens with one attached hydrogen (secondary N) is 2. The number of nitro groups is 1. The third kappa shape index (κ3) is 5.01. The molecule has 1 rings (SSSR count). The minimum Gasteiger partial charge on any atom is -0.380 e. The predicted octanol–water partition coefficient (Wildman–Crippen LogP) is 1.43. The second-order valence-corrected chi connectivity index (χ2v) is 4.33. The summed E-state index contributed by atoms with van der Waals surface area (Å²) in [6.45, 7) is 3.36. The zero-order chi connectivity index (χ0) is 15.7. The third-order valence-electron chi connectivity index (χ3n) is 2.79. The van der Waals surface area contributed by atoms with Crippen LogP contribution in [0, 0.1) is 10.1 Å². The summed E-state index contributed by atoms with van der Waals surface area (Å²) in [6, 6.07) is 4.34. The van der Waals surface area contributed by atoms with Gasteiger partial charge in [0.25, 0.3) is 5.91 Å². The highest BCUT2D eigenvalue weighted by molar-refractivity contribution is 6.00. The monoisotopic (exact) mass is 296 g/mol. The number of hydrogen-bond acceptors (Lipinski definition) is 6. The number of rotatable bonds is 9. The van der Waals surface area contributed by atoms with Crippen LogP contribution in [-0.2, 0) is 4.74 Å². The maximum atomic E-state index is 12.0. The highest BCUT2D eigenvalue weighted by Crippen LogP contribution is 2.27. The molecule has 0 fully saturated rings. The fourth-order valence-corrected chi connectivity index (χ4v) is 1.72. The molecule has 0 aliphatic heterocycles. The average Bonchev–Trinajstić information content (AvgIpc) is 2.49. The van der Waals surface area contributed by atoms with Crippen molar-refractivity contribution in [1.29, 1.82) is 0 Å². The lowest BCUT2D eigenvalue weighted by Crippen LogP contribution is -2.28. The fraction of sp³-hybridized carbons (Fsp3) is 0.462. The molecule has 1 aromatic carbocycles. The summed E-state index contributed by atoms with van der Waals surface area (Å²) in [5.74, 6) is 4.69. The molecular formula is C13H20N4O4. The van der Waals surface area contributed by atoms with Crippen molar-refractivity contribution in [2.45, 2.75) is 19.8 Å². The molecule has 0 bridgehead atoms. The van der Waals surface area contributed by atoms with E-state index in [1.54, 1.807) is 0 Å². The molecule has 21 heavy (non-hydrogen) atoms. The van der Waals surface area contributed by atoms with Crippen molar-refractivity contribution in [3.8, 4) is 0 Å². The Kier molecular flexibility index (Phi) is 7.13. The largest absolute Gasteiger partial charge is 0.380 e. The molecule has 0 heterocycles. The average molecular weight is 296 g/mol. The lowest BCUT2D eigenvalue weighted by Gasteiger charge is -2.08. The highest BCUT2D eigenvalue weighted by Gasteiger charge is 2.23. The summed E-state index contributed by atoms with van der Waals surface area (Å²) >= 11 is 0. The van der Waals surface area contributed by atoms with E-state index < -0.39 is 10.8 Å². The number of anilines is 1. The van der Waals surface area contributed by atoms with Gasteiger partial charge in [-0.2, -0.15) is 0 Å². The zero-order valence-electron chi connectivity index (χ0n) is 11.9. The van der Waals surface area contributed by atoms with E-state index in [1.165, 1.54) is 18.2 Å². The second kappa shape index (κ2) is 8.88. The summed E-state index contributed by atoms with van der Waals surface area (Å²) in [5, 5.41) is 13.6. The SMILES string of the molecule is CCCCOCCNC(=O)c1cccc(NN)c1[N+](=O)[O-]. The Morgan fingerprint density at radius 1 is 1.43 bits per heavy atom. The Hall–Kier alpha value is -2.19. The minimum absolute atomic E-state index is 0.0380. The minimum atomic E-state index is -0.637. The number of carbonyl (C=O) groups is 1. The first-order valence-corrected chi connectivity index (χ1v) is 6.71. The van der Waals surface area contributed by atoms with Crippen molar-refractivity contribution in [3.63, 3.8) is 0 Å². The first kappa shape index (κ1) is 16.9. The summed E-state index contributed by atoms with van der Waals surface area (Å²) in [7, 11) is 0. The topological polar surface area (TPSA) is 120 Å². The number of carbonyl (C=O) groups excluding carboxylic acids is 1. The van der Waals surface area contributed by atoms with Gasteiger partial charge in [-0.3, -0.25) is 20.8 Å². The number of nitro benzene ring substituents is 1. The molecule has 0 radical (unpaired) electrons. The van der Waals surface area contributed by atoms with Gasteiger partial charge in [-0.1, -0.05) is 19.4 Å². The zero-order valence-corrected chi connectivity index (χ0v) is 11.9. The van der Waals surface area contributed by atoms with Crippen LogP contribution in [0.5, 0.6) is 0 Å². The van der Waals surface area contributed by atoms with Crippen LogP contribution in [0.25, 0.3) is 0 Å². The molecule has 0 atom stereocenters. The molecule has 0 aliphatic carbocycles. The predicted molar refractivity (Wildman–Crippen MR) is 79.0 cm³/mol. The number of benzene rings is 1. The summed E-state index contributed by atoms with van der Waals surface area (Å²) in [5.41, 5.74) is 1.92. The van der Waals surface area contributed by atoms with Crippen LogP contribution < -0.4 is 16.6 Å². The number of hydrogen-bond donors (Lipinski definition) is 3. The Bertz CT molecular complexity index is 493. The number of nitrogens with zero attached hydrogens (tertiary/aromatic N) is 1. The van der Waals surface area contributed by atoms with Gasteiger partial charge < -0.3 is 15.5 Å². The smallest absolute Gasteiger partial charge is 0.306 e. The van der Waals surface area contributed by atoms with Crippen molar-refractivity contribution in [3.05, 3.63) is 33.9 Å². The number of hydrazine groups is 1. The fourth-order valence-electron chi connectivity index (χ4n) is 1.72. The summed E-state index contributed by atoms with van der Waals surface area (Å²) in [6.07, 6.45) is 2.00. The highest BCUT2D eigenvalue weighted by atomic mass is 16.6. The number of amides is 1. The van der Waals surface area contributed by atoms with Crippen LogP contribution in [0.4, 0.5) is 11.4 Å². The van der Waals surface area contributed by atoms with E-state index in [2.05, 4.69) is 17.7 Å².